The molecule has 1 aliphatic heterocycles. The normalized spacial score (nSPS) is 32.0. The van der Waals surface area contributed by atoms with Gasteiger partial charge >= 0.3 is 0 Å². The molecular weight excluding hydrogens is 260 g/mol. The lowest BCUT2D eigenvalue weighted by atomic mass is 9.78. The maximum Gasteiger partial charge on any atom is 0.226 e. The molecule has 1 aromatic rings. The molecule has 1 saturated carbocycles. The first-order valence-electron chi connectivity index (χ1n) is 8.33. The molecule has 3 heteroatoms. The van der Waals surface area contributed by atoms with Gasteiger partial charge in [-0.15, -0.1) is 0 Å². The van der Waals surface area contributed by atoms with E-state index in [2.05, 4.69) is 29.2 Å². The number of nitrogens with zero attached hydrogens (tertiary/aromatic N) is 1. The van der Waals surface area contributed by atoms with Crippen molar-refractivity contribution in [3.05, 3.63) is 35.4 Å². The van der Waals surface area contributed by atoms with Gasteiger partial charge in [-0.1, -0.05) is 30.7 Å². The molecule has 1 aromatic carbocycles. The largest absolute Gasteiger partial charge is 0.342 e. The summed E-state index contributed by atoms with van der Waals surface area (Å²) in [5.41, 5.74) is 9.00. The Hall–Kier alpha value is -1.35. The molecular formula is C18H24N2O. The lowest BCUT2D eigenvalue weighted by molar-refractivity contribution is -0.134. The van der Waals surface area contributed by atoms with E-state index in [1.54, 1.807) is 0 Å². The van der Waals surface area contributed by atoms with Crippen LogP contribution in [0.15, 0.2) is 24.3 Å². The lowest BCUT2D eigenvalue weighted by Crippen LogP contribution is -2.39. The van der Waals surface area contributed by atoms with Crippen LogP contribution in [0.5, 0.6) is 0 Å². The van der Waals surface area contributed by atoms with Gasteiger partial charge in [-0.05, 0) is 48.6 Å². The topological polar surface area (TPSA) is 46.3 Å². The number of carbonyl (C=O) groups excluding carboxylic acids is 1. The number of fused-ring (bicyclic) bond motifs is 2. The number of hydrogen-bond acceptors (Lipinski definition) is 2. The van der Waals surface area contributed by atoms with Gasteiger partial charge in [-0.25, -0.2) is 0 Å². The number of carbonyl (C=O) groups is 1. The minimum atomic E-state index is 0.166. The molecule has 4 rings (SSSR count). The van der Waals surface area contributed by atoms with Gasteiger partial charge in [-0.2, -0.15) is 0 Å². The smallest absolute Gasteiger partial charge is 0.226 e. The van der Waals surface area contributed by atoms with Gasteiger partial charge in [0.15, 0.2) is 0 Å². The van der Waals surface area contributed by atoms with Crippen molar-refractivity contribution in [1.29, 1.82) is 0 Å². The van der Waals surface area contributed by atoms with Crippen LogP contribution in [0, 0.1) is 17.8 Å². The molecule has 0 radical (unpaired) electrons. The summed E-state index contributed by atoms with van der Waals surface area (Å²) in [5, 5.41) is 0. The Labute approximate surface area is 126 Å². The number of likely N-dealkylation sites (tertiary alicyclic amines) is 1. The maximum absolute atomic E-state index is 12.9. The van der Waals surface area contributed by atoms with Crippen molar-refractivity contribution in [2.45, 2.75) is 38.1 Å². The molecule has 21 heavy (non-hydrogen) atoms. The second-order valence-corrected chi connectivity index (χ2v) is 7.14. The highest BCUT2D eigenvalue weighted by molar-refractivity contribution is 5.80. The Morgan fingerprint density at radius 3 is 2.48 bits per heavy atom. The monoisotopic (exact) mass is 284 g/mol. The first-order chi connectivity index (χ1) is 10.2. The molecule has 0 bridgehead atoms. The second-order valence-electron chi connectivity index (χ2n) is 7.14. The highest BCUT2D eigenvalue weighted by atomic mass is 16.2. The summed E-state index contributed by atoms with van der Waals surface area (Å²) in [7, 11) is 0. The van der Waals surface area contributed by atoms with Crippen LogP contribution in [-0.2, 0) is 17.6 Å². The third-order valence-corrected chi connectivity index (χ3v) is 5.87. The molecule has 0 spiro atoms. The van der Waals surface area contributed by atoms with E-state index in [0.29, 0.717) is 23.8 Å². The van der Waals surface area contributed by atoms with Crippen LogP contribution in [0.4, 0.5) is 0 Å². The average Bonchev–Trinajstić information content (AvgIpc) is 3.11. The summed E-state index contributed by atoms with van der Waals surface area (Å²) in [5.74, 6) is 1.74. The molecule has 0 aromatic heterocycles. The third-order valence-electron chi connectivity index (χ3n) is 5.87. The predicted octanol–water partition coefficient (Wildman–Crippen LogP) is 1.99. The van der Waals surface area contributed by atoms with Crippen LogP contribution < -0.4 is 5.73 Å². The molecule has 1 saturated heterocycles. The first-order valence-corrected chi connectivity index (χ1v) is 8.33. The molecule has 3 nitrogen and oxygen atoms in total. The van der Waals surface area contributed by atoms with E-state index in [0.717, 1.165) is 32.4 Å². The first kappa shape index (κ1) is 13.3. The summed E-state index contributed by atoms with van der Waals surface area (Å²) in [6.45, 7) is 1.85. The molecule has 2 N–H and O–H groups in total. The van der Waals surface area contributed by atoms with Crippen molar-refractivity contribution in [3.63, 3.8) is 0 Å². The number of rotatable bonds is 1. The summed E-state index contributed by atoms with van der Waals surface area (Å²) in [6.07, 6.45) is 5.48. The van der Waals surface area contributed by atoms with E-state index in [4.69, 9.17) is 5.73 Å². The van der Waals surface area contributed by atoms with Crippen LogP contribution in [0.3, 0.4) is 0 Å². The number of nitrogens with two attached hydrogens (primary N) is 1. The van der Waals surface area contributed by atoms with Gasteiger partial charge in [0.25, 0.3) is 0 Å². The number of amides is 1. The van der Waals surface area contributed by atoms with E-state index in [9.17, 15) is 4.79 Å². The molecule has 112 valence electrons. The SMILES string of the molecule is NC1CCCC2CN(C(=O)C3Cc4ccccc4C3)CC12. The molecule has 1 amide bonds. The summed E-state index contributed by atoms with van der Waals surface area (Å²) >= 11 is 0. The number of benzene rings is 1. The second kappa shape index (κ2) is 5.13. The zero-order valence-electron chi connectivity index (χ0n) is 12.5. The Morgan fingerprint density at radius 2 is 1.81 bits per heavy atom. The fourth-order valence-electron chi connectivity index (χ4n) is 4.69. The maximum atomic E-state index is 12.9. The Morgan fingerprint density at radius 1 is 1.10 bits per heavy atom. The van der Waals surface area contributed by atoms with Crippen molar-refractivity contribution in [2.75, 3.05) is 13.1 Å². The molecule has 3 aliphatic rings. The fraction of sp³-hybridized carbons (Fsp3) is 0.611. The van der Waals surface area contributed by atoms with E-state index in [-0.39, 0.29) is 5.92 Å². The molecule has 2 fully saturated rings. The van der Waals surface area contributed by atoms with Crippen molar-refractivity contribution >= 4 is 5.91 Å². The minimum absolute atomic E-state index is 0.166. The summed E-state index contributed by atoms with van der Waals surface area (Å²) < 4.78 is 0. The average molecular weight is 284 g/mol. The zero-order chi connectivity index (χ0) is 14.4. The van der Waals surface area contributed by atoms with E-state index in [1.807, 2.05) is 0 Å². The van der Waals surface area contributed by atoms with Crippen LogP contribution >= 0.6 is 0 Å². The molecule has 3 atom stereocenters. The number of hydrogen-bond donors (Lipinski definition) is 1. The highest BCUT2D eigenvalue weighted by Crippen LogP contribution is 2.37. The van der Waals surface area contributed by atoms with Gasteiger partial charge in [0, 0.05) is 25.0 Å². The Bertz CT molecular complexity index is 531. The predicted molar refractivity (Wildman–Crippen MR) is 82.7 cm³/mol. The zero-order valence-corrected chi connectivity index (χ0v) is 12.5. The van der Waals surface area contributed by atoms with Crippen molar-refractivity contribution < 1.29 is 4.79 Å². The molecule has 3 unspecified atom stereocenters. The van der Waals surface area contributed by atoms with Gasteiger partial charge in [-0.3, -0.25) is 4.79 Å². The minimum Gasteiger partial charge on any atom is -0.342 e. The lowest BCUT2D eigenvalue weighted by Gasteiger charge is -2.29. The van der Waals surface area contributed by atoms with E-state index in [1.165, 1.54) is 24.0 Å². The standard InChI is InChI=1S/C18H24N2O/c19-17-7-3-6-14-10-20(11-16(14)17)18(21)15-8-12-4-1-2-5-13(12)9-15/h1-2,4-5,14-17H,3,6-11,19H2. The van der Waals surface area contributed by atoms with Crippen LogP contribution in [0.1, 0.15) is 30.4 Å². The Kier molecular flexibility index (Phi) is 3.26. The van der Waals surface area contributed by atoms with Crippen molar-refractivity contribution in [1.82, 2.24) is 4.90 Å². The highest BCUT2D eigenvalue weighted by Gasteiger charge is 2.42. The Balaban J connectivity index is 1.45. The molecule has 2 aliphatic carbocycles. The van der Waals surface area contributed by atoms with Crippen molar-refractivity contribution in [3.8, 4) is 0 Å². The van der Waals surface area contributed by atoms with Crippen LogP contribution in [0.2, 0.25) is 0 Å². The fourth-order valence-corrected chi connectivity index (χ4v) is 4.69. The van der Waals surface area contributed by atoms with E-state index >= 15 is 0 Å². The summed E-state index contributed by atoms with van der Waals surface area (Å²) in [4.78, 5) is 15.0. The van der Waals surface area contributed by atoms with Crippen LogP contribution in [-0.4, -0.2) is 29.9 Å². The van der Waals surface area contributed by atoms with E-state index < -0.39 is 0 Å². The van der Waals surface area contributed by atoms with Gasteiger partial charge < -0.3 is 10.6 Å². The van der Waals surface area contributed by atoms with Crippen LogP contribution in [0.25, 0.3) is 0 Å². The quantitative estimate of drug-likeness (QED) is 0.857. The third kappa shape index (κ3) is 2.28. The summed E-state index contributed by atoms with van der Waals surface area (Å²) in [6, 6.07) is 8.80. The van der Waals surface area contributed by atoms with Gasteiger partial charge in [0.2, 0.25) is 5.91 Å². The van der Waals surface area contributed by atoms with Gasteiger partial charge in [0.05, 0.1) is 0 Å². The van der Waals surface area contributed by atoms with Gasteiger partial charge in [0.1, 0.15) is 0 Å². The molecule has 1 heterocycles. The van der Waals surface area contributed by atoms with Crippen molar-refractivity contribution in [2.24, 2.45) is 23.5 Å².